The van der Waals surface area contributed by atoms with Gasteiger partial charge in [0.25, 0.3) is 0 Å². The summed E-state index contributed by atoms with van der Waals surface area (Å²) in [5, 5.41) is 5.46. The number of nitrogens with one attached hydrogen (secondary N) is 2. The Morgan fingerprint density at radius 2 is 1.59 bits per heavy atom. The highest BCUT2D eigenvalue weighted by atomic mass is 16.5. The van der Waals surface area contributed by atoms with Crippen LogP contribution >= 0.6 is 0 Å². The highest BCUT2D eigenvalue weighted by molar-refractivity contribution is 5.91. The number of rotatable bonds is 3. The number of aryl methyl sites for hydroxylation is 1. The van der Waals surface area contributed by atoms with Crippen LogP contribution in [0.5, 0.6) is 0 Å². The number of carbonyl (C=O) groups is 2. The van der Waals surface area contributed by atoms with Crippen LogP contribution in [0, 0.1) is 6.92 Å². The van der Waals surface area contributed by atoms with Crippen LogP contribution in [0.3, 0.4) is 0 Å². The normalized spacial score (nSPS) is 13.9. The second-order valence-corrected chi connectivity index (χ2v) is 6.44. The van der Waals surface area contributed by atoms with Gasteiger partial charge in [-0.25, -0.2) is 9.59 Å². The van der Waals surface area contributed by atoms with E-state index in [2.05, 4.69) is 51.5 Å². The number of hydrogen-bond donors (Lipinski definition) is 2. The molecular weight excluding hydrogens is 344 g/mol. The van der Waals surface area contributed by atoms with Crippen LogP contribution < -0.4 is 15.5 Å². The molecule has 0 saturated carbocycles. The van der Waals surface area contributed by atoms with Crippen molar-refractivity contribution in [1.82, 2.24) is 4.90 Å². The molecule has 2 aromatic rings. The van der Waals surface area contributed by atoms with Gasteiger partial charge in [-0.15, -0.1) is 0 Å². The van der Waals surface area contributed by atoms with E-state index in [1.165, 1.54) is 18.4 Å². The SMILES string of the molecule is COC(=O)Nc1cccc(NC(=O)N2CCN(c3cccc(C)c3)CC2)c1. The van der Waals surface area contributed by atoms with Gasteiger partial charge in [-0.3, -0.25) is 5.32 Å². The lowest BCUT2D eigenvalue weighted by Crippen LogP contribution is -2.50. The zero-order valence-corrected chi connectivity index (χ0v) is 15.6. The summed E-state index contributed by atoms with van der Waals surface area (Å²) in [6.07, 6.45) is -0.550. The lowest BCUT2D eigenvalue weighted by Gasteiger charge is -2.36. The molecule has 2 aromatic carbocycles. The van der Waals surface area contributed by atoms with E-state index < -0.39 is 6.09 Å². The third-order valence-electron chi connectivity index (χ3n) is 4.48. The lowest BCUT2D eigenvalue weighted by molar-refractivity contribution is 0.187. The second-order valence-electron chi connectivity index (χ2n) is 6.44. The summed E-state index contributed by atoms with van der Waals surface area (Å²) in [7, 11) is 1.30. The maximum atomic E-state index is 12.5. The Hall–Kier alpha value is -3.22. The van der Waals surface area contributed by atoms with Crippen LogP contribution in [0.2, 0.25) is 0 Å². The lowest BCUT2D eigenvalue weighted by atomic mass is 10.2. The number of carbonyl (C=O) groups excluding carboxylic acids is 2. The smallest absolute Gasteiger partial charge is 0.411 e. The molecule has 0 radical (unpaired) electrons. The Labute approximate surface area is 158 Å². The van der Waals surface area contributed by atoms with Crippen molar-refractivity contribution in [2.75, 3.05) is 48.8 Å². The van der Waals surface area contributed by atoms with Crippen LogP contribution in [-0.2, 0) is 4.74 Å². The summed E-state index contributed by atoms with van der Waals surface area (Å²) in [5.74, 6) is 0. The van der Waals surface area contributed by atoms with Crippen molar-refractivity contribution in [2.45, 2.75) is 6.92 Å². The molecule has 0 unspecified atom stereocenters. The quantitative estimate of drug-likeness (QED) is 0.869. The standard InChI is InChI=1S/C20H24N4O3/c1-15-5-3-8-18(13-15)23-9-11-24(12-10-23)19(25)21-16-6-4-7-17(14-16)22-20(26)27-2/h3-8,13-14H,9-12H2,1-2H3,(H,21,25)(H,22,26). The minimum atomic E-state index is -0.550. The number of benzene rings is 2. The highest BCUT2D eigenvalue weighted by Gasteiger charge is 2.21. The van der Waals surface area contributed by atoms with Crippen molar-refractivity contribution in [3.05, 3.63) is 54.1 Å². The fourth-order valence-corrected chi connectivity index (χ4v) is 3.04. The zero-order valence-electron chi connectivity index (χ0n) is 15.6. The van der Waals surface area contributed by atoms with Crippen molar-refractivity contribution >= 4 is 29.2 Å². The second kappa shape index (κ2) is 8.44. The molecule has 0 aliphatic carbocycles. The summed E-state index contributed by atoms with van der Waals surface area (Å²) in [6, 6.07) is 15.2. The maximum absolute atomic E-state index is 12.5. The topological polar surface area (TPSA) is 73.9 Å². The monoisotopic (exact) mass is 368 g/mol. The molecular formula is C20H24N4O3. The Bertz CT molecular complexity index is 816. The van der Waals surface area contributed by atoms with E-state index in [-0.39, 0.29) is 6.03 Å². The number of ether oxygens (including phenoxy) is 1. The fourth-order valence-electron chi connectivity index (χ4n) is 3.04. The molecule has 27 heavy (non-hydrogen) atoms. The Morgan fingerprint density at radius 3 is 2.26 bits per heavy atom. The van der Waals surface area contributed by atoms with E-state index in [9.17, 15) is 9.59 Å². The minimum absolute atomic E-state index is 0.144. The summed E-state index contributed by atoms with van der Waals surface area (Å²) in [4.78, 5) is 27.9. The number of anilines is 3. The van der Waals surface area contributed by atoms with Crippen LogP contribution in [0.1, 0.15) is 5.56 Å². The van der Waals surface area contributed by atoms with Gasteiger partial charge in [0.2, 0.25) is 0 Å². The summed E-state index contributed by atoms with van der Waals surface area (Å²) >= 11 is 0. The molecule has 1 saturated heterocycles. The third kappa shape index (κ3) is 4.91. The van der Waals surface area contributed by atoms with E-state index in [4.69, 9.17) is 0 Å². The largest absolute Gasteiger partial charge is 0.453 e. The molecule has 3 amide bonds. The first-order valence-electron chi connectivity index (χ1n) is 8.88. The van der Waals surface area contributed by atoms with Gasteiger partial charge in [0.05, 0.1) is 7.11 Å². The number of piperazine rings is 1. The number of nitrogens with zero attached hydrogens (tertiary/aromatic N) is 2. The van der Waals surface area contributed by atoms with Crippen LogP contribution in [0.15, 0.2) is 48.5 Å². The minimum Gasteiger partial charge on any atom is -0.453 e. The first-order chi connectivity index (χ1) is 13.0. The van der Waals surface area contributed by atoms with E-state index in [0.29, 0.717) is 24.5 Å². The van der Waals surface area contributed by atoms with E-state index >= 15 is 0 Å². The zero-order chi connectivity index (χ0) is 19.2. The molecule has 7 nitrogen and oxygen atoms in total. The molecule has 7 heteroatoms. The van der Waals surface area contributed by atoms with Crippen LogP contribution in [0.4, 0.5) is 26.7 Å². The average Bonchev–Trinajstić information content (AvgIpc) is 2.68. The van der Waals surface area contributed by atoms with Crippen molar-refractivity contribution in [3.63, 3.8) is 0 Å². The molecule has 3 rings (SSSR count). The Balaban J connectivity index is 1.55. The molecule has 2 N–H and O–H groups in total. The molecule has 1 fully saturated rings. The van der Waals surface area contributed by atoms with Crippen LogP contribution in [0.25, 0.3) is 0 Å². The van der Waals surface area contributed by atoms with Gasteiger partial charge < -0.3 is 19.9 Å². The van der Waals surface area contributed by atoms with Crippen molar-refractivity contribution in [3.8, 4) is 0 Å². The van der Waals surface area contributed by atoms with Gasteiger partial charge in [-0.05, 0) is 42.8 Å². The molecule has 142 valence electrons. The van der Waals surface area contributed by atoms with Gasteiger partial charge in [0.15, 0.2) is 0 Å². The first kappa shape index (κ1) is 18.6. The molecule has 0 aromatic heterocycles. The molecule has 1 heterocycles. The summed E-state index contributed by atoms with van der Waals surface area (Å²) in [6.45, 7) is 4.97. The third-order valence-corrected chi connectivity index (χ3v) is 4.48. The van der Waals surface area contributed by atoms with E-state index in [0.717, 1.165) is 13.1 Å². The summed E-state index contributed by atoms with van der Waals surface area (Å²) in [5.41, 5.74) is 3.60. The first-order valence-corrected chi connectivity index (χ1v) is 8.88. The van der Waals surface area contributed by atoms with Gasteiger partial charge in [0.1, 0.15) is 0 Å². The average molecular weight is 368 g/mol. The highest BCUT2D eigenvalue weighted by Crippen LogP contribution is 2.19. The van der Waals surface area contributed by atoms with Gasteiger partial charge in [-0.2, -0.15) is 0 Å². The van der Waals surface area contributed by atoms with Gasteiger partial charge >= 0.3 is 12.1 Å². The van der Waals surface area contributed by atoms with Crippen molar-refractivity contribution < 1.29 is 14.3 Å². The van der Waals surface area contributed by atoms with Crippen molar-refractivity contribution in [1.29, 1.82) is 0 Å². The number of hydrogen-bond acceptors (Lipinski definition) is 4. The molecule has 0 bridgehead atoms. The molecule has 0 atom stereocenters. The van der Waals surface area contributed by atoms with Gasteiger partial charge in [0, 0.05) is 43.2 Å². The number of amides is 3. The van der Waals surface area contributed by atoms with Gasteiger partial charge in [-0.1, -0.05) is 18.2 Å². The van der Waals surface area contributed by atoms with E-state index in [1.54, 1.807) is 29.2 Å². The van der Waals surface area contributed by atoms with Crippen molar-refractivity contribution in [2.24, 2.45) is 0 Å². The molecule has 0 spiro atoms. The fraction of sp³-hybridized carbons (Fsp3) is 0.300. The Kier molecular flexibility index (Phi) is 5.80. The summed E-state index contributed by atoms with van der Waals surface area (Å²) < 4.78 is 4.57. The maximum Gasteiger partial charge on any atom is 0.411 e. The van der Waals surface area contributed by atoms with Crippen LogP contribution in [-0.4, -0.2) is 50.3 Å². The Morgan fingerprint density at radius 1 is 0.926 bits per heavy atom. The van der Waals surface area contributed by atoms with E-state index in [1.807, 2.05) is 0 Å². The molecule has 1 aliphatic heterocycles. The predicted molar refractivity (Wildman–Crippen MR) is 106 cm³/mol. The number of urea groups is 1. The molecule has 1 aliphatic rings. The number of methoxy groups -OCH3 is 1. The predicted octanol–water partition coefficient (Wildman–Crippen LogP) is 3.53.